The number of alkyl halides is 3. The van der Waals surface area contributed by atoms with Crippen LogP contribution in [0.3, 0.4) is 0 Å². The van der Waals surface area contributed by atoms with E-state index in [0.29, 0.717) is 23.7 Å². The Hall–Kier alpha value is -3.84. The van der Waals surface area contributed by atoms with Crippen molar-refractivity contribution in [2.24, 2.45) is 0 Å². The smallest absolute Gasteiger partial charge is 0.430 e. The molecule has 0 bridgehead atoms. The third-order valence-corrected chi connectivity index (χ3v) is 9.95. The molecule has 270 valence electrons. The molecule has 3 fully saturated rings. The Bertz CT molecular complexity index is 1600. The number of piperidine rings is 1. The van der Waals surface area contributed by atoms with Crippen LogP contribution in [0.1, 0.15) is 53.2 Å². The number of hydrogen-bond acceptors (Lipinski definition) is 6. The summed E-state index contributed by atoms with van der Waals surface area (Å²) in [4.78, 5) is 26.9. The van der Waals surface area contributed by atoms with E-state index in [1.807, 2.05) is 36.4 Å². The summed E-state index contributed by atoms with van der Waals surface area (Å²) in [6.07, 6.45) is -1.05. The van der Waals surface area contributed by atoms with E-state index in [9.17, 15) is 22.4 Å². The first-order chi connectivity index (χ1) is 23.9. The number of carbonyl (C=O) groups excluding carboxylic acids is 2. The molecule has 0 unspecified atom stereocenters. The predicted octanol–water partition coefficient (Wildman–Crippen LogP) is 4.33. The van der Waals surface area contributed by atoms with E-state index in [1.165, 1.54) is 67.1 Å². The number of amides is 1. The minimum atomic E-state index is -5.19. The number of nitrogens with zero attached hydrogens (tertiary/aromatic N) is 3. The Morgan fingerprint density at radius 3 is 2.20 bits per heavy atom. The van der Waals surface area contributed by atoms with Gasteiger partial charge < -0.3 is 25.0 Å². The Morgan fingerprint density at radius 1 is 0.860 bits per heavy atom. The van der Waals surface area contributed by atoms with E-state index in [0.717, 1.165) is 56.9 Å². The first-order valence-electron chi connectivity index (χ1n) is 17.5. The maximum Gasteiger partial charge on any atom is 0.430 e. The fraction of sp³-hybridized carbons (Fsp3) is 0.474. The molecule has 3 aromatic carbocycles. The second-order valence-electron chi connectivity index (χ2n) is 13.8. The van der Waals surface area contributed by atoms with Crippen molar-refractivity contribution < 1.29 is 36.7 Å². The number of carboxylic acid groups (broad SMARTS) is 1. The molecule has 0 radical (unpaired) electrons. The summed E-state index contributed by atoms with van der Waals surface area (Å²) in [6.45, 7) is 14.8. The van der Waals surface area contributed by atoms with Crippen molar-refractivity contribution in [3.05, 3.63) is 94.8 Å². The molecule has 0 aromatic heterocycles. The van der Waals surface area contributed by atoms with E-state index in [4.69, 9.17) is 9.90 Å². The second kappa shape index (κ2) is 16.9. The summed E-state index contributed by atoms with van der Waals surface area (Å²) >= 11 is 0. The van der Waals surface area contributed by atoms with E-state index < -0.39 is 12.1 Å². The van der Waals surface area contributed by atoms with Gasteiger partial charge in [0.2, 0.25) is 0 Å². The number of quaternary nitrogens is 1. The minimum Gasteiger partial charge on any atom is -0.542 e. The van der Waals surface area contributed by atoms with E-state index in [-0.39, 0.29) is 11.7 Å². The fourth-order valence-corrected chi connectivity index (χ4v) is 7.23. The molecule has 3 aliphatic rings. The minimum absolute atomic E-state index is 0.101. The lowest BCUT2D eigenvalue weighted by molar-refractivity contribution is -0.936. The Kier molecular flexibility index (Phi) is 12.7. The number of aliphatic carboxylic acids is 1. The van der Waals surface area contributed by atoms with Crippen LogP contribution in [0, 0.1) is 5.82 Å². The van der Waals surface area contributed by atoms with Crippen molar-refractivity contribution in [2.45, 2.75) is 58.0 Å². The van der Waals surface area contributed by atoms with Crippen molar-refractivity contribution in [2.75, 3.05) is 58.9 Å². The second-order valence-corrected chi connectivity index (χ2v) is 13.8. The van der Waals surface area contributed by atoms with Crippen LogP contribution in [0.15, 0.2) is 66.7 Å². The topological polar surface area (TPSA) is 87.7 Å². The highest BCUT2D eigenvalue weighted by Crippen LogP contribution is 2.26. The Morgan fingerprint density at radius 2 is 1.52 bits per heavy atom. The molecule has 50 heavy (non-hydrogen) atoms. The monoisotopic (exact) mass is 697 g/mol. The van der Waals surface area contributed by atoms with Crippen LogP contribution in [0.25, 0.3) is 11.1 Å². The normalized spacial score (nSPS) is 19.7. The molecule has 1 atom stereocenters. The summed E-state index contributed by atoms with van der Waals surface area (Å²) in [7, 11) is 0. The van der Waals surface area contributed by atoms with Crippen LogP contribution >= 0.6 is 0 Å². The molecular weight excluding hydrogens is 650 g/mol. The van der Waals surface area contributed by atoms with Gasteiger partial charge in [-0.2, -0.15) is 13.2 Å². The van der Waals surface area contributed by atoms with Crippen molar-refractivity contribution in [1.82, 2.24) is 20.4 Å². The first-order valence-corrected chi connectivity index (χ1v) is 17.5. The zero-order chi connectivity index (χ0) is 35.7. The van der Waals surface area contributed by atoms with Crippen molar-refractivity contribution in [3.8, 4) is 11.1 Å². The van der Waals surface area contributed by atoms with Gasteiger partial charge in [-0.15, -0.1) is 0 Å². The molecule has 1 amide bonds. The van der Waals surface area contributed by atoms with E-state index >= 15 is 0 Å². The SMILES string of the molecule is C[C@H]1CN(Cc2cccc(-c3cc(CNC(=O)c4cccc(CN5CC[N+]6(CCCCC6)CC5)c4)ccc3F)c2)CCN1.O=C([O-])C(F)(F)F. The third-order valence-electron chi connectivity index (χ3n) is 9.95. The number of carboxylic acids is 1. The highest BCUT2D eigenvalue weighted by molar-refractivity contribution is 5.94. The standard InChI is InChI=1S/C36H46FN5O.C2HF3O2/c1-28-25-41(14-13-38-28)27-30-7-5-9-32(21-30)34-23-29(11-12-35(34)37)24-39-36(43)33-10-6-8-31(22-33)26-40-15-19-42(20-16-40)17-3-2-4-18-42;3-2(4,5)1(6)7/h5-12,21-23,28,38H,2-4,13-20,24-27H2,1H3;(H,6,7)/t28-;/m0./s1. The van der Waals surface area contributed by atoms with Crippen LogP contribution in [0.2, 0.25) is 0 Å². The number of piperazine rings is 2. The van der Waals surface area contributed by atoms with Gasteiger partial charge in [-0.05, 0) is 78.8 Å². The van der Waals surface area contributed by atoms with Crippen LogP contribution in [0.4, 0.5) is 17.6 Å². The van der Waals surface area contributed by atoms with Gasteiger partial charge in [-0.3, -0.25) is 14.6 Å². The molecule has 2 N–H and O–H groups in total. The number of hydrogen-bond donors (Lipinski definition) is 2. The molecule has 6 rings (SSSR count). The maximum atomic E-state index is 15.0. The molecule has 12 heteroatoms. The quantitative estimate of drug-likeness (QED) is 0.270. The molecule has 1 spiro atoms. The molecule has 3 heterocycles. The molecule has 0 saturated carbocycles. The number of carbonyl (C=O) groups is 2. The Labute approximate surface area is 291 Å². The van der Waals surface area contributed by atoms with Gasteiger partial charge in [0.05, 0.1) is 26.2 Å². The van der Waals surface area contributed by atoms with Crippen LogP contribution in [-0.4, -0.2) is 97.3 Å². The fourth-order valence-electron chi connectivity index (χ4n) is 7.23. The average Bonchev–Trinajstić information content (AvgIpc) is 3.09. The van der Waals surface area contributed by atoms with Crippen LogP contribution in [0.5, 0.6) is 0 Å². The lowest BCUT2D eigenvalue weighted by atomic mass is 10.00. The summed E-state index contributed by atoms with van der Waals surface area (Å²) in [5.41, 5.74) is 5.35. The molecule has 3 aliphatic heterocycles. The third kappa shape index (κ3) is 10.6. The summed E-state index contributed by atoms with van der Waals surface area (Å²) in [6, 6.07) is 21.8. The van der Waals surface area contributed by atoms with Crippen LogP contribution in [-0.2, 0) is 24.4 Å². The van der Waals surface area contributed by atoms with E-state index in [1.54, 1.807) is 6.07 Å². The van der Waals surface area contributed by atoms with Crippen molar-refractivity contribution in [1.29, 1.82) is 0 Å². The Balaban J connectivity index is 0.000000630. The zero-order valence-electron chi connectivity index (χ0n) is 28.6. The number of rotatable bonds is 8. The van der Waals surface area contributed by atoms with Crippen molar-refractivity contribution in [3.63, 3.8) is 0 Å². The summed E-state index contributed by atoms with van der Waals surface area (Å²) in [5.74, 6) is -3.36. The largest absolute Gasteiger partial charge is 0.542 e. The lowest BCUT2D eigenvalue weighted by Crippen LogP contribution is -2.61. The summed E-state index contributed by atoms with van der Waals surface area (Å²) in [5, 5.41) is 15.3. The van der Waals surface area contributed by atoms with Crippen molar-refractivity contribution >= 4 is 11.9 Å². The van der Waals surface area contributed by atoms with E-state index in [2.05, 4.69) is 45.6 Å². The van der Waals surface area contributed by atoms with Gasteiger partial charge in [0.1, 0.15) is 11.8 Å². The maximum absolute atomic E-state index is 15.0. The lowest BCUT2D eigenvalue weighted by Gasteiger charge is -2.47. The average molecular weight is 698 g/mol. The number of benzene rings is 3. The summed E-state index contributed by atoms with van der Waals surface area (Å²) < 4.78 is 47.9. The van der Waals surface area contributed by atoms with Gasteiger partial charge in [-0.1, -0.05) is 36.4 Å². The molecule has 0 aliphatic carbocycles. The zero-order valence-corrected chi connectivity index (χ0v) is 28.6. The first kappa shape index (κ1) is 37.4. The molecule has 3 saturated heterocycles. The molecule has 8 nitrogen and oxygen atoms in total. The van der Waals surface area contributed by atoms with Gasteiger partial charge in [0, 0.05) is 69.5 Å². The number of halogens is 4. The van der Waals surface area contributed by atoms with Crippen LogP contribution < -0.4 is 15.7 Å². The number of nitrogens with one attached hydrogen (secondary N) is 2. The van der Waals surface area contributed by atoms with Gasteiger partial charge in [0.15, 0.2) is 0 Å². The van der Waals surface area contributed by atoms with Gasteiger partial charge in [0.25, 0.3) is 5.91 Å². The molecule has 3 aromatic rings. The highest BCUT2D eigenvalue weighted by Gasteiger charge is 2.34. The highest BCUT2D eigenvalue weighted by atomic mass is 19.4. The van der Waals surface area contributed by atoms with Gasteiger partial charge in [-0.25, -0.2) is 4.39 Å². The van der Waals surface area contributed by atoms with Gasteiger partial charge >= 0.3 is 6.18 Å². The predicted molar refractivity (Wildman–Crippen MR) is 182 cm³/mol. The molecular formula is C38H47F4N5O3.